The second kappa shape index (κ2) is 5.68. The van der Waals surface area contributed by atoms with E-state index in [1.54, 1.807) is 0 Å². The molecule has 0 aliphatic rings. The molecule has 0 bridgehead atoms. The summed E-state index contributed by atoms with van der Waals surface area (Å²) in [4.78, 5) is 11.3. The topological polar surface area (TPSA) is 78.3 Å². The van der Waals surface area contributed by atoms with Gasteiger partial charge in [0.25, 0.3) is 0 Å². The number of hydrogen-bond acceptors (Lipinski definition) is 4. The van der Waals surface area contributed by atoms with E-state index in [1.807, 2.05) is 18.2 Å². The summed E-state index contributed by atoms with van der Waals surface area (Å²) in [5, 5.41) is 0. The summed E-state index contributed by atoms with van der Waals surface area (Å²) in [6.07, 6.45) is 0.402. The fourth-order valence-electron chi connectivity index (χ4n) is 1.63. The van der Waals surface area contributed by atoms with Gasteiger partial charge in [-0.05, 0) is 23.1 Å². The molecule has 17 heavy (non-hydrogen) atoms. The summed E-state index contributed by atoms with van der Waals surface area (Å²) in [7, 11) is 1.33. The van der Waals surface area contributed by atoms with Crippen molar-refractivity contribution in [2.45, 2.75) is 32.2 Å². The Morgan fingerprint density at radius 1 is 1.41 bits per heavy atom. The van der Waals surface area contributed by atoms with Gasteiger partial charge in [-0.2, -0.15) is 0 Å². The maximum atomic E-state index is 11.3. The second-order valence-corrected chi connectivity index (χ2v) is 4.45. The average molecular weight is 236 g/mol. The first-order valence-corrected chi connectivity index (χ1v) is 5.67. The Morgan fingerprint density at radius 3 is 2.59 bits per heavy atom. The van der Waals surface area contributed by atoms with Crippen molar-refractivity contribution < 1.29 is 9.53 Å². The third kappa shape index (κ3) is 3.46. The summed E-state index contributed by atoms with van der Waals surface area (Å²) in [5.41, 5.74) is 14.3. The van der Waals surface area contributed by atoms with Crippen LogP contribution in [-0.4, -0.2) is 19.1 Å². The smallest absolute Gasteiger partial charge is 0.322 e. The summed E-state index contributed by atoms with van der Waals surface area (Å²) >= 11 is 0. The van der Waals surface area contributed by atoms with Crippen molar-refractivity contribution >= 4 is 11.7 Å². The maximum absolute atomic E-state index is 11.3. The lowest BCUT2D eigenvalue weighted by atomic mass is 9.96. The molecule has 0 radical (unpaired) electrons. The van der Waals surface area contributed by atoms with Gasteiger partial charge in [-0.15, -0.1) is 0 Å². The fourth-order valence-corrected chi connectivity index (χ4v) is 1.63. The van der Waals surface area contributed by atoms with Gasteiger partial charge < -0.3 is 16.2 Å². The number of benzene rings is 1. The molecule has 94 valence electrons. The van der Waals surface area contributed by atoms with Gasteiger partial charge in [-0.25, -0.2) is 0 Å². The van der Waals surface area contributed by atoms with Crippen molar-refractivity contribution in [1.29, 1.82) is 0 Å². The van der Waals surface area contributed by atoms with Crippen molar-refractivity contribution in [3.63, 3.8) is 0 Å². The SMILES string of the molecule is COC(=O)[C@H](N)Cc1cc(C(C)C)ccc1N. The summed E-state index contributed by atoms with van der Waals surface area (Å²) < 4.78 is 4.60. The van der Waals surface area contributed by atoms with Crippen LogP contribution in [0.2, 0.25) is 0 Å². The molecule has 1 aromatic rings. The number of methoxy groups -OCH3 is 1. The van der Waals surface area contributed by atoms with Crippen LogP contribution in [0.15, 0.2) is 18.2 Å². The van der Waals surface area contributed by atoms with Gasteiger partial charge >= 0.3 is 5.97 Å². The van der Waals surface area contributed by atoms with E-state index in [2.05, 4.69) is 18.6 Å². The van der Waals surface area contributed by atoms with E-state index < -0.39 is 12.0 Å². The number of hydrogen-bond donors (Lipinski definition) is 2. The van der Waals surface area contributed by atoms with E-state index in [0.29, 0.717) is 18.0 Å². The van der Waals surface area contributed by atoms with E-state index in [1.165, 1.54) is 12.7 Å². The number of anilines is 1. The Labute approximate surface area is 102 Å². The molecule has 0 spiro atoms. The third-order valence-electron chi connectivity index (χ3n) is 2.78. The van der Waals surface area contributed by atoms with Crippen LogP contribution in [0.4, 0.5) is 5.69 Å². The molecular weight excluding hydrogens is 216 g/mol. The molecule has 0 saturated heterocycles. The second-order valence-electron chi connectivity index (χ2n) is 4.45. The highest BCUT2D eigenvalue weighted by Crippen LogP contribution is 2.21. The van der Waals surface area contributed by atoms with Crippen molar-refractivity contribution in [3.05, 3.63) is 29.3 Å². The number of carbonyl (C=O) groups is 1. The van der Waals surface area contributed by atoms with Crippen molar-refractivity contribution in [1.82, 2.24) is 0 Å². The highest BCUT2D eigenvalue weighted by atomic mass is 16.5. The minimum Gasteiger partial charge on any atom is -0.468 e. The number of ether oxygens (including phenoxy) is 1. The van der Waals surface area contributed by atoms with Gasteiger partial charge in [0.15, 0.2) is 0 Å². The van der Waals surface area contributed by atoms with Crippen molar-refractivity contribution in [3.8, 4) is 0 Å². The first kappa shape index (κ1) is 13.5. The van der Waals surface area contributed by atoms with Crippen LogP contribution in [0.3, 0.4) is 0 Å². The van der Waals surface area contributed by atoms with Gasteiger partial charge in [0.1, 0.15) is 6.04 Å². The molecule has 1 aromatic carbocycles. The van der Waals surface area contributed by atoms with Crippen LogP contribution in [0.1, 0.15) is 30.9 Å². The molecule has 4 N–H and O–H groups in total. The first-order valence-electron chi connectivity index (χ1n) is 5.67. The molecule has 0 heterocycles. The Balaban J connectivity index is 2.89. The molecule has 0 aliphatic heterocycles. The van der Waals surface area contributed by atoms with Crippen LogP contribution in [-0.2, 0) is 16.0 Å². The Bertz CT molecular complexity index is 402. The Morgan fingerprint density at radius 2 is 2.06 bits per heavy atom. The number of nitrogen functional groups attached to an aromatic ring is 1. The zero-order chi connectivity index (χ0) is 13.0. The van der Waals surface area contributed by atoms with E-state index in [-0.39, 0.29) is 0 Å². The van der Waals surface area contributed by atoms with E-state index in [9.17, 15) is 4.79 Å². The summed E-state index contributed by atoms with van der Waals surface area (Å²) in [6.45, 7) is 4.21. The fraction of sp³-hybridized carbons (Fsp3) is 0.462. The van der Waals surface area contributed by atoms with Crippen LogP contribution < -0.4 is 11.5 Å². The molecule has 4 heteroatoms. The standard InChI is InChI=1S/C13H20N2O2/c1-8(2)9-4-5-11(14)10(6-9)7-12(15)13(16)17-3/h4-6,8,12H,7,14-15H2,1-3H3/t12-/m1/s1. The highest BCUT2D eigenvalue weighted by Gasteiger charge is 2.16. The molecule has 1 atom stereocenters. The molecule has 0 aromatic heterocycles. The lowest BCUT2D eigenvalue weighted by molar-refractivity contribution is -0.142. The number of esters is 1. The van der Waals surface area contributed by atoms with Crippen LogP contribution in [0, 0.1) is 0 Å². The molecule has 0 fully saturated rings. The number of carbonyl (C=O) groups excluding carboxylic acids is 1. The molecule has 0 unspecified atom stereocenters. The molecule has 0 aliphatic carbocycles. The highest BCUT2D eigenvalue weighted by molar-refractivity contribution is 5.76. The van der Waals surface area contributed by atoms with Gasteiger partial charge in [0.05, 0.1) is 7.11 Å². The zero-order valence-corrected chi connectivity index (χ0v) is 10.6. The van der Waals surface area contributed by atoms with Crippen molar-refractivity contribution in [2.75, 3.05) is 12.8 Å². The lowest BCUT2D eigenvalue weighted by Crippen LogP contribution is -2.33. The molecular formula is C13H20N2O2. The minimum atomic E-state index is -0.662. The van der Waals surface area contributed by atoms with Gasteiger partial charge in [-0.3, -0.25) is 4.79 Å². The minimum absolute atomic E-state index is 0.402. The van der Waals surface area contributed by atoms with Crippen LogP contribution in [0.25, 0.3) is 0 Å². The largest absolute Gasteiger partial charge is 0.468 e. The quantitative estimate of drug-likeness (QED) is 0.612. The molecule has 0 saturated carbocycles. The Hall–Kier alpha value is -1.55. The van der Waals surface area contributed by atoms with Gasteiger partial charge in [-0.1, -0.05) is 26.0 Å². The van der Waals surface area contributed by atoms with Gasteiger partial charge in [0, 0.05) is 12.1 Å². The van der Waals surface area contributed by atoms with Crippen molar-refractivity contribution in [2.24, 2.45) is 5.73 Å². The van der Waals surface area contributed by atoms with E-state index >= 15 is 0 Å². The monoisotopic (exact) mass is 236 g/mol. The van der Waals surface area contributed by atoms with Gasteiger partial charge in [0.2, 0.25) is 0 Å². The molecule has 1 rings (SSSR count). The van der Waals surface area contributed by atoms with Crippen LogP contribution in [0.5, 0.6) is 0 Å². The van der Waals surface area contributed by atoms with E-state index in [0.717, 1.165) is 5.56 Å². The summed E-state index contributed by atoms with van der Waals surface area (Å²) in [6, 6.07) is 5.19. The third-order valence-corrected chi connectivity index (χ3v) is 2.78. The van der Waals surface area contributed by atoms with Crippen LogP contribution >= 0.6 is 0 Å². The summed E-state index contributed by atoms with van der Waals surface area (Å²) in [5.74, 6) is 0.00283. The predicted octanol–water partition coefficient (Wildman–Crippen LogP) is 1.43. The molecule has 4 nitrogen and oxygen atoms in total. The number of rotatable bonds is 4. The first-order chi connectivity index (χ1) is 7.95. The number of nitrogens with two attached hydrogens (primary N) is 2. The predicted molar refractivity (Wildman–Crippen MR) is 68.6 cm³/mol. The average Bonchev–Trinajstić information content (AvgIpc) is 2.30. The normalized spacial score (nSPS) is 12.5. The Kier molecular flexibility index (Phi) is 4.52. The van der Waals surface area contributed by atoms with E-state index in [4.69, 9.17) is 11.5 Å². The maximum Gasteiger partial charge on any atom is 0.322 e. The molecule has 0 amide bonds. The zero-order valence-electron chi connectivity index (χ0n) is 10.6. The lowest BCUT2D eigenvalue weighted by Gasteiger charge is -2.14.